The van der Waals surface area contributed by atoms with Crippen LogP contribution in [0, 0.1) is 0 Å². The third-order valence-electron chi connectivity index (χ3n) is 6.21. The molecule has 0 unspecified atom stereocenters. The number of anilines is 2. The number of amides is 2. The maximum Gasteiger partial charge on any atom is 0.261 e. The van der Waals surface area contributed by atoms with Crippen molar-refractivity contribution in [3.63, 3.8) is 0 Å². The number of likely N-dealkylation sites (N-methyl/N-ethyl adjacent to an activating group) is 1. The van der Waals surface area contributed by atoms with Gasteiger partial charge in [-0.15, -0.1) is 0 Å². The van der Waals surface area contributed by atoms with Crippen LogP contribution in [0.1, 0.15) is 38.8 Å². The minimum Gasteiger partial charge on any atom is -0.492 e. The highest BCUT2D eigenvalue weighted by Gasteiger charge is 2.33. The molecule has 0 aliphatic carbocycles. The molecule has 3 aromatic rings. The zero-order chi connectivity index (χ0) is 24.9. The van der Waals surface area contributed by atoms with E-state index < -0.39 is 0 Å². The lowest BCUT2D eigenvalue weighted by Gasteiger charge is -2.23. The molecule has 0 atom stereocenters. The highest BCUT2D eigenvalue weighted by atomic mass is 16.5. The van der Waals surface area contributed by atoms with Gasteiger partial charge < -0.3 is 14.5 Å². The lowest BCUT2D eigenvalue weighted by atomic mass is 10.1. The molecule has 6 nitrogen and oxygen atoms in total. The predicted octanol–water partition coefficient (Wildman–Crippen LogP) is 5.05. The number of rotatable bonds is 9. The van der Waals surface area contributed by atoms with Crippen LogP contribution in [0.2, 0.25) is 0 Å². The second-order valence-electron chi connectivity index (χ2n) is 8.72. The SMILES string of the molecule is CCN(CCOc1ccc(C=Cc2ccc(N(C)C)cc2)cc1)c1ccc2c(c1)C(=O)N(C)C2=O. The fraction of sp³-hybridized carbons (Fsp3) is 0.241. The number of imide groups is 1. The van der Waals surface area contributed by atoms with E-state index in [0.717, 1.165) is 34.0 Å². The summed E-state index contributed by atoms with van der Waals surface area (Å²) >= 11 is 0. The zero-order valence-corrected chi connectivity index (χ0v) is 20.7. The molecule has 6 heteroatoms. The quantitative estimate of drug-likeness (QED) is 0.324. The molecule has 1 heterocycles. The number of carbonyl (C=O) groups excluding carboxylic acids is 2. The Morgan fingerprint density at radius 2 is 1.37 bits per heavy atom. The summed E-state index contributed by atoms with van der Waals surface area (Å²) < 4.78 is 5.96. The molecule has 0 saturated heterocycles. The fourth-order valence-electron chi connectivity index (χ4n) is 4.04. The van der Waals surface area contributed by atoms with Crippen molar-refractivity contribution in [3.8, 4) is 5.75 Å². The molecule has 0 N–H and O–H groups in total. The monoisotopic (exact) mass is 469 g/mol. The van der Waals surface area contributed by atoms with Gasteiger partial charge >= 0.3 is 0 Å². The van der Waals surface area contributed by atoms with Crippen LogP contribution in [0.25, 0.3) is 12.2 Å². The van der Waals surface area contributed by atoms with E-state index in [1.165, 1.54) is 12.7 Å². The van der Waals surface area contributed by atoms with E-state index in [-0.39, 0.29) is 11.8 Å². The standard InChI is InChI=1S/C29H31N3O3/c1-5-32(24-14-17-26-27(20-24)29(34)31(4)28(26)33)18-19-35-25-15-10-22(11-16-25)7-6-21-8-12-23(13-9-21)30(2)3/h6-17,20H,5,18-19H2,1-4H3. The van der Waals surface area contributed by atoms with E-state index in [1.807, 2.05) is 44.4 Å². The average molecular weight is 470 g/mol. The van der Waals surface area contributed by atoms with Crippen LogP contribution >= 0.6 is 0 Å². The highest BCUT2D eigenvalue weighted by Crippen LogP contribution is 2.26. The maximum absolute atomic E-state index is 12.3. The summed E-state index contributed by atoms with van der Waals surface area (Å²) in [5.74, 6) is 0.312. The summed E-state index contributed by atoms with van der Waals surface area (Å²) in [5, 5.41) is 0. The minimum atomic E-state index is -0.251. The summed E-state index contributed by atoms with van der Waals surface area (Å²) in [7, 11) is 5.58. The summed E-state index contributed by atoms with van der Waals surface area (Å²) in [5.41, 5.74) is 5.27. The number of nitrogens with zero attached hydrogens (tertiary/aromatic N) is 3. The van der Waals surface area contributed by atoms with E-state index in [1.54, 1.807) is 12.1 Å². The highest BCUT2D eigenvalue weighted by molar-refractivity contribution is 6.21. The molecule has 4 rings (SSSR count). The molecule has 1 aliphatic rings. The Labute approximate surface area is 207 Å². The number of hydrogen-bond acceptors (Lipinski definition) is 5. The van der Waals surface area contributed by atoms with Crippen molar-refractivity contribution in [2.45, 2.75) is 6.92 Å². The fourth-order valence-corrected chi connectivity index (χ4v) is 4.04. The number of carbonyl (C=O) groups is 2. The van der Waals surface area contributed by atoms with E-state index in [9.17, 15) is 9.59 Å². The molecular weight excluding hydrogens is 438 g/mol. The topological polar surface area (TPSA) is 53.1 Å². The molecule has 0 aromatic heterocycles. The van der Waals surface area contributed by atoms with E-state index in [4.69, 9.17) is 4.74 Å². The van der Waals surface area contributed by atoms with Crippen molar-refractivity contribution in [1.82, 2.24) is 4.90 Å². The molecule has 0 fully saturated rings. The van der Waals surface area contributed by atoms with Crippen LogP contribution in [0.4, 0.5) is 11.4 Å². The first-order chi connectivity index (χ1) is 16.9. The van der Waals surface area contributed by atoms with Gasteiger partial charge in [0, 0.05) is 39.1 Å². The molecule has 0 saturated carbocycles. The number of ether oxygens (including phenoxy) is 1. The van der Waals surface area contributed by atoms with Gasteiger partial charge in [-0.3, -0.25) is 14.5 Å². The molecular formula is C29H31N3O3. The number of fused-ring (bicyclic) bond motifs is 1. The van der Waals surface area contributed by atoms with Crippen LogP contribution < -0.4 is 14.5 Å². The third-order valence-corrected chi connectivity index (χ3v) is 6.21. The Morgan fingerprint density at radius 3 is 1.97 bits per heavy atom. The van der Waals surface area contributed by atoms with Crippen molar-refractivity contribution in [2.75, 3.05) is 50.6 Å². The molecule has 1 aliphatic heterocycles. The van der Waals surface area contributed by atoms with Gasteiger partial charge in [-0.2, -0.15) is 0 Å². The van der Waals surface area contributed by atoms with Gasteiger partial charge in [-0.05, 0) is 60.5 Å². The number of benzene rings is 3. The Morgan fingerprint density at radius 1 is 0.800 bits per heavy atom. The van der Waals surface area contributed by atoms with Crippen molar-refractivity contribution in [3.05, 3.63) is 89.0 Å². The molecule has 3 aromatic carbocycles. The molecule has 0 bridgehead atoms. The van der Waals surface area contributed by atoms with Crippen molar-refractivity contribution in [1.29, 1.82) is 0 Å². The van der Waals surface area contributed by atoms with Gasteiger partial charge in [-0.25, -0.2) is 0 Å². The van der Waals surface area contributed by atoms with Gasteiger partial charge in [0.25, 0.3) is 11.8 Å². The lowest BCUT2D eigenvalue weighted by molar-refractivity contribution is 0.0693. The first kappa shape index (κ1) is 24.1. The van der Waals surface area contributed by atoms with E-state index >= 15 is 0 Å². The van der Waals surface area contributed by atoms with Gasteiger partial charge in [0.2, 0.25) is 0 Å². The normalized spacial score (nSPS) is 12.9. The second kappa shape index (κ2) is 10.5. The van der Waals surface area contributed by atoms with Crippen LogP contribution in [-0.2, 0) is 0 Å². The maximum atomic E-state index is 12.3. The summed E-state index contributed by atoms with van der Waals surface area (Å²) in [6, 6.07) is 21.9. The molecule has 35 heavy (non-hydrogen) atoms. The van der Waals surface area contributed by atoms with Gasteiger partial charge in [-0.1, -0.05) is 36.4 Å². The zero-order valence-electron chi connectivity index (χ0n) is 20.7. The molecule has 0 spiro atoms. The Hall–Kier alpha value is -4.06. The lowest BCUT2D eigenvalue weighted by Crippen LogP contribution is -2.28. The molecule has 180 valence electrons. The summed E-state index contributed by atoms with van der Waals surface area (Å²) in [6.07, 6.45) is 4.19. The van der Waals surface area contributed by atoms with Crippen molar-refractivity contribution >= 4 is 35.3 Å². The van der Waals surface area contributed by atoms with Crippen molar-refractivity contribution < 1.29 is 14.3 Å². The van der Waals surface area contributed by atoms with Gasteiger partial charge in [0.15, 0.2) is 0 Å². The molecule has 2 amide bonds. The predicted molar refractivity (Wildman–Crippen MR) is 142 cm³/mol. The van der Waals surface area contributed by atoms with Crippen molar-refractivity contribution in [2.24, 2.45) is 0 Å². The molecule has 0 radical (unpaired) electrons. The van der Waals surface area contributed by atoms with Crippen LogP contribution in [0.3, 0.4) is 0 Å². The van der Waals surface area contributed by atoms with E-state index in [0.29, 0.717) is 24.3 Å². The van der Waals surface area contributed by atoms with Gasteiger partial charge in [0.1, 0.15) is 12.4 Å². The Bertz CT molecular complexity index is 1230. The minimum absolute atomic E-state index is 0.247. The number of hydrogen-bond donors (Lipinski definition) is 0. The smallest absolute Gasteiger partial charge is 0.261 e. The third kappa shape index (κ3) is 5.38. The first-order valence-corrected chi connectivity index (χ1v) is 11.8. The average Bonchev–Trinajstić information content (AvgIpc) is 3.09. The first-order valence-electron chi connectivity index (χ1n) is 11.8. The van der Waals surface area contributed by atoms with Crippen LogP contribution in [0.15, 0.2) is 66.7 Å². The summed E-state index contributed by atoms with van der Waals surface area (Å²) in [4.78, 5) is 29.8. The van der Waals surface area contributed by atoms with Gasteiger partial charge in [0.05, 0.1) is 17.7 Å². The van der Waals surface area contributed by atoms with E-state index in [2.05, 4.69) is 53.1 Å². The largest absolute Gasteiger partial charge is 0.492 e. The second-order valence-corrected chi connectivity index (χ2v) is 8.72. The Balaban J connectivity index is 1.32. The summed E-state index contributed by atoms with van der Waals surface area (Å²) in [6.45, 7) is 3.99. The Kier molecular flexibility index (Phi) is 7.20. The van der Waals surface area contributed by atoms with Crippen LogP contribution in [-0.4, -0.2) is 57.6 Å². The van der Waals surface area contributed by atoms with Crippen LogP contribution in [0.5, 0.6) is 5.75 Å².